The van der Waals surface area contributed by atoms with Gasteiger partial charge in [0.25, 0.3) is 5.91 Å². The molecule has 7 nitrogen and oxygen atoms in total. The van der Waals surface area contributed by atoms with Gasteiger partial charge in [-0.25, -0.2) is 13.8 Å². The van der Waals surface area contributed by atoms with Gasteiger partial charge in [0.1, 0.15) is 12.4 Å². The Balaban J connectivity index is 1.43. The molecule has 0 atom stereocenters. The molecule has 0 saturated heterocycles. The number of aryl methyl sites for hydroxylation is 1. The monoisotopic (exact) mass is 541 g/mol. The lowest BCUT2D eigenvalue weighted by Crippen LogP contribution is -2.40. The molecule has 0 saturated carbocycles. The van der Waals surface area contributed by atoms with Crippen molar-refractivity contribution in [2.45, 2.75) is 24.8 Å². The summed E-state index contributed by atoms with van der Waals surface area (Å²) in [5.41, 5.74) is 6.10. The highest BCUT2D eigenvalue weighted by molar-refractivity contribution is 7.89. The zero-order valence-corrected chi connectivity index (χ0v) is 22.6. The van der Waals surface area contributed by atoms with Crippen LogP contribution in [0.1, 0.15) is 22.3 Å². The SMILES string of the molecule is Cc1ccc(S(=O)(=O)N(CCc2ccccc2)CC(=O)N/N=C\c2ccccc2OCc2ccccc2)cc1. The lowest BCUT2D eigenvalue weighted by atomic mass is 10.1. The number of hydrazone groups is 1. The molecule has 4 aromatic carbocycles. The Labute approximate surface area is 229 Å². The smallest absolute Gasteiger partial charge is 0.255 e. The number of amides is 1. The number of rotatable bonds is 12. The second-order valence-electron chi connectivity index (χ2n) is 8.99. The Hall–Kier alpha value is -4.27. The molecule has 4 rings (SSSR count). The van der Waals surface area contributed by atoms with Gasteiger partial charge < -0.3 is 4.74 Å². The summed E-state index contributed by atoms with van der Waals surface area (Å²) in [6.07, 6.45) is 1.95. The molecule has 0 heterocycles. The maximum atomic E-state index is 13.4. The van der Waals surface area contributed by atoms with Crippen molar-refractivity contribution in [1.82, 2.24) is 9.73 Å². The molecule has 0 aliphatic heterocycles. The third-order valence-corrected chi connectivity index (χ3v) is 7.88. The van der Waals surface area contributed by atoms with E-state index in [9.17, 15) is 13.2 Å². The van der Waals surface area contributed by atoms with Gasteiger partial charge >= 0.3 is 0 Å². The Morgan fingerprint density at radius 2 is 1.46 bits per heavy atom. The number of para-hydroxylation sites is 1. The molecule has 200 valence electrons. The first-order valence-corrected chi connectivity index (χ1v) is 14.0. The number of nitrogens with zero attached hydrogens (tertiary/aromatic N) is 2. The van der Waals surface area contributed by atoms with Gasteiger partial charge in [0, 0.05) is 12.1 Å². The average molecular weight is 542 g/mol. The lowest BCUT2D eigenvalue weighted by Gasteiger charge is -2.21. The first-order valence-electron chi connectivity index (χ1n) is 12.6. The van der Waals surface area contributed by atoms with E-state index in [4.69, 9.17) is 4.74 Å². The minimum Gasteiger partial charge on any atom is -0.488 e. The van der Waals surface area contributed by atoms with Crippen molar-refractivity contribution in [2.75, 3.05) is 13.1 Å². The summed E-state index contributed by atoms with van der Waals surface area (Å²) in [7, 11) is -3.90. The Bertz CT molecular complexity index is 1490. The Morgan fingerprint density at radius 1 is 0.846 bits per heavy atom. The highest BCUT2D eigenvalue weighted by atomic mass is 32.2. The molecular formula is C31H31N3O4S. The van der Waals surface area contributed by atoms with Gasteiger partial charge in [0.15, 0.2) is 0 Å². The van der Waals surface area contributed by atoms with E-state index in [1.807, 2.05) is 91.9 Å². The zero-order chi connectivity index (χ0) is 27.5. The predicted octanol–water partition coefficient (Wildman–Crippen LogP) is 4.96. The molecule has 0 unspecified atom stereocenters. The summed E-state index contributed by atoms with van der Waals surface area (Å²) in [4.78, 5) is 13.0. The number of nitrogens with one attached hydrogen (secondary N) is 1. The molecular weight excluding hydrogens is 510 g/mol. The number of hydrogen-bond donors (Lipinski definition) is 1. The first-order chi connectivity index (χ1) is 18.9. The normalized spacial score (nSPS) is 11.5. The zero-order valence-electron chi connectivity index (χ0n) is 21.7. The fraction of sp³-hybridized carbons (Fsp3) is 0.161. The second kappa shape index (κ2) is 13.5. The molecule has 1 amide bonds. The Morgan fingerprint density at radius 3 is 2.15 bits per heavy atom. The summed E-state index contributed by atoms with van der Waals surface area (Å²) >= 11 is 0. The van der Waals surface area contributed by atoms with Crippen LogP contribution in [0.5, 0.6) is 5.75 Å². The quantitative estimate of drug-likeness (QED) is 0.203. The molecule has 0 bridgehead atoms. The third-order valence-electron chi connectivity index (χ3n) is 6.02. The van der Waals surface area contributed by atoms with Crippen molar-refractivity contribution in [3.8, 4) is 5.75 Å². The molecule has 39 heavy (non-hydrogen) atoms. The topological polar surface area (TPSA) is 88.1 Å². The molecule has 0 aliphatic rings. The van der Waals surface area contributed by atoms with Crippen LogP contribution in [0.2, 0.25) is 0 Å². The van der Waals surface area contributed by atoms with Gasteiger partial charge in [-0.15, -0.1) is 0 Å². The number of hydrogen-bond acceptors (Lipinski definition) is 5. The fourth-order valence-electron chi connectivity index (χ4n) is 3.87. The fourth-order valence-corrected chi connectivity index (χ4v) is 5.26. The van der Waals surface area contributed by atoms with Crippen LogP contribution in [-0.4, -0.2) is 37.9 Å². The largest absolute Gasteiger partial charge is 0.488 e. The van der Waals surface area contributed by atoms with E-state index in [0.717, 1.165) is 16.7 Å². The number of carbonyl (C=O) groups is 1. The standard InChI is InChI=1S/C31H31N3O4S/c1-25-16-18-29(19-17-25)39(36,37)34(21-20-26-10-4-2-5-11-26)23-31(35)33-32-22-28-14-8-9-15-30(28)38-24-27-12-6-3-7-13-27/h2-19,22H,20-21,23-24H2,1H3,(H,33,35)/b32-22-. The van der Waals surface area contributed by atoms with E-state index in [0.29, 0.717) is 24.3 Å². The number of sulfonamides is 1. The molecule has 0 aliphatic carbocycles. The van der Waals surface area contributed by atoms with Crippen LogP contribution >= 0.6 is 0 Å². The van der Waals surface area contributed by atoms with Gasteiger partial charge in [0.05, 0.1) is 17.7 Å². The minimum atomic E-state index is -3.90. The predicted molar refractivity (Wildman–Crippen MR) is 153 cm³/mol. The third kappa shape index (κ3) is 8.10. The summed E-state index contributed by atoms with van der Waals surface area (Å²) in [6.45, 7) is 2.06. The van der Waals surface area contributed by atoms with E-state index >= 15 is 0 Å². The molecule has 8 heteroatoms. The van der Waals surface area contributed by atoms with Crippen LogP contribution in [0.25, 0.3) is 0 Å². The van der Waals surface area contributed by atoms with Crippen molar-refractivity contribution >= 4 is 22.1 Å². The maximum Gasteiger partial charge on any atom is 0.255 e. The maximum absolute atomic E-state index is 13.4. The van der Waals surface area contributed by atoms with Crippen LogP contribution in [0, 0.1) is 6.92 Å². The van der Waals surface area contributed by atoms with Crippen molar-refractivity contribution in [2.24, 2.45) is 5.10 Å². The minimum absolute atomic E-state index is 0.141. The van der Waals surface area contributed by atoms with E-state index in [2.05, 4.69) is 10.5 Å². The lowest BCUT2D eigenvalue weighted by molar-refractivity contribution is -0.121. The number of ether oxygens (including phenoxy) is 1. The summed E-state index contributed by atoms with van der Waals surface area (Å²) in [6, 6.07) is 33.3. The van der Waals surface area contributed by atoms with Crippen LogP contribution < -0.4 is 10.2 Å². The van der Waals surface area contributed by atoms with Crippen molar-refractivity contribution < 1.29 is 17.9 Å². The van der Waals surface area contributed by atoms with Crippen LogP contribution in [0.15, 0.2) is 119 Å². The summed E-state index contributed by atoms with van der Waals surface area (Å²) in [5.74, 6) is 0.0727. The first kappa shape index (κ1) is 27.8. The molecule has 4 aromatic rings. The molecule has 0 aromatic heterocycles. The molecule has 0 fully saturated rings. The Kier molecular flexibility index (Phi) is 9.61. The van der Waals surface area contributed by atoms with Crippen LogP contribution in [0.4, 0.5) is 0 Å². The highest BCUT2D eigenvalue weighted by Gasteiger charge is 2.26. The summed E-state index contributed by atoms with van der Waals surface area (Å²) < 4.78 is 34.0. The molecule has 1 N–H and O–H groups in total. The van der Waals surface area contributed by atoms with Gasteiger partial charge in [-0.3, -0.25) is 4.79 Å². The summed E-state index contributed by atoms with van der Waals surface area (Å²) in [5, 5.41) is 4.07. The average Bonchev–Trinajstić information content (AvgIpc) is 2.96. The number of benzene rings is 4. The van der Waals surface area contributed by atoms with E-state index < -0.39 is 15.9 Å². The van der Waals surface area contributed by atoms with Crippen molar-refractivity contribution in [3.63, 3.8) is 0 Å². The highest BCUT2D eigenvalue weighted by Crippen LogP contribution is 2.19. The van der Waals surface area contributed by atoms with Crippen molar-refractivity contribution in [1.29, 1.82) is 0 Å². The molecule has 0 radical (unpaired) electrons. The van der Waals surface area contributed by atoms with Gasteiger partial charge in [0.2, 0.25) is 10.0 Å². The van der Waals surface area contributed by atoms with E-state index in [1.54, 1.807) is 24.3 Å². The van der Waals surface area contributed by atoms with Gasteiger partial charge in [-0.2, -0.15) is 9.41 Å². The van der Waals surface area contributed by atoms with Crippen molar-refractivity contribution in [3.05, 3.63) is 131 Å². The van der Waals surface area contributed by atoms with Gasteiger partial charge in [-0.1, -0.05) is 90.5 Å². The van der Waals surface area contributed by atoms with Crippen LogP contribution in [-0.2, 0) is 27.8 Å². The van der Waals surface area contributed by atoms with Crippen LogP contribution in [0.3, 0.4) is 0 Å². The van der Waals surface area contributed by atoms with E-state index in [1.165, 1.54) is 10.5 Å². The second-order valence-corrected chi connectivity index (χ2v) is 10.9. The van der Waals surface area contributed by atoms with Gasteiger partial charge in [-0.05, 0) is 48.7 Å². The number of carbonyl (C=O) groups excluding carboxylic acids is 1. The van der Waals surface area contributed by atoms with E-state index in [-0.39, 0.29) is 18.0 Å². The molecule has 0 spiro atoms.